The summed E-state index contributed by atoms with van der Waals surface area (Å²) >= 11 is 3.14. The van der Waals surface area contributed by atoms with Gasteiger partial charge in [0.2, 0.25) is 0 Å². The molecule has 0 aliphatic heterocycles. The van der Waals surface area contributed by atoms with Gasteiger partial charge in [-0.15, -0.1) is 21.5 Å². The lowest BCUT2D eigenvalue weighted by molar-refractivity contribution is 1.09. The van der Waals surface area contributed by atoms with Crippen LogP contribution in [0.4, 0.5) is 0 Å². The molecule has 0 saturated carbocycles. The summed E-state index contributed by atoms with van der Waals surface area (Å²) in [4.78, 5) is 13.0. The molecule has 0 bridgehead atoms. The molecule has 0 aliphatic carbocycles. The minimum atomic E-state index is 0.675. The molecule has 4 heterocycles. The number of fused-ring (bicyclic) bond motifs is 1. The third kappa shape index (κ3) is 2.98. The first-order valence-corrected chi connectivity index (χ1v) is 9.42. The summed E-state index contributed by atoms with van der Waals surface area (Å²) in [5.74, 6) is 0. The van der Waals surface area contributed by atoms with E-state index in [9.17, 15) is 0 Å². The van der Waals surface area contributed by atoms with E-state index in [2.05, 4.69) is 39.5 Å². The molecular weight excluding hydrogens is 362 g/mol. The van der Waals surface area contributed by atoms with Crippen molar-refractivity contribution in [2.45, 2.75) is 0 Å². The van der Waals surface area contributed by atoms with Crippen LogP contribution in [0.3, 0.4) is 0 Å². The van der Waals surface area contributed by atoms with Crippen molar-refractivity contribution in [2.75, 3.05) is 0 Å². The molecule has 126 valence electrons. The molecule has 0 N–H and O–H groups in total. The van der Waals surface area contributed by atoms with Gasteiger partial charge < -0.3 is 0 Å². The van der Waals surface area contributed by atoms with Crippen molar-refractivity contribution in [3.05, 3.63) is 66.5 Å². The number of nitrogens with zero attached hydrogens (tertiary/aromatic N) is 5. The van der Waals surface area contributed by atoms with Crippen LogP contribution in [0.2, 0.25) is 0 Å². The quantitative estimate of drug-likeness (QED) is 0.359. The summed E-state index contributed by atoms with van der Waals surface area (Å²) in [5.41, 5.74) is 3.15. The van der Waals surface area contributed by atoms with E-state index in [0.717, 1.165) is 37.1 Å². The number of aliphatic imine (C=N–C) groups is 1. The minimum Gasteiger partial charge on any atom is -0.264 e. The van der Waals surface area contributed by atoms with Crippen LogP contribution in [0.25, 0.3) is 37.1 Å². The van der Waals surface area contributed by atoms with Crippen LogP contribution in [0.5, 0.6) is 0 Å². The number of aromatic nitrogens is 4. The zero-order valence-corrected chi connectivity index (χ0v) is 15.3. The summed E-state index contributed by atoms with van der Waals surface area (Å²) in [5, 5.41) is 13.3. The molecule has 0 aliphatic rings. The zero-order chi connectivity index (χ0) is 17.9. The fraction of sp³-hybridized carbons (Fsp3) is 0. The van der Waals surface area contributed by atoms with Crippen LogP contribution in [-0.4, -0.2) is 26.9 Å². The Labute approximate surface area is 158 Å². The fourth-order valence-corrected chi connectivity index (χ4v) is 4.17. The Morgan fingerprint density at radius 1 is 1.19 bits per heavy atom. The van der Waals surface area contributed by atoms with Gasteiger partial charge in [-0.2, -0.15) is 0 Å². The Hall–Kier alpha value is -3.03. The Kier molecular flexibility index (Phi) is 4.47. The van der Waals surface area contributed by atoms with Gasteiger partial charge in [0.15, 0.2) is 5.01 Å². The molecule has 0 fully saturated rings. The van der Waals surface area contributed by atoms with E-state index in [4.69, 9.17) is 4.98 Å². The number of allylic oxidation sites excluding steroid dienone is 2. The Bertz CT molecular complexity index is 1130. The normalized spacial score (nSPS) is 11.6. The van der Waals surface area contributed by atoms with Gasteiger partial charge in [0, 0.05) is 28.0 Å². The molecule has 0 amide bonds. The minimum absolute atomic E-state index is 0.675. The maximum atomic E-state index is 4.79. The van der Waals surface area contributed by atoms with E-state index in [0.29, 0.717) is 5.70 Å². The average Bonchev–Trinajstić information content (AvgIpc) is 3.35. The number of rotatable bonds is 5. The van der Waals surface area contributed by atoms with Crippen LogP contribution in [0.1, 0.15) is 5.69 Å². The maximum absolute atomic E-state index is 4.79. The summed E-state index contributed by atoms with van der Waals surface area (Å²) in [7, 11) is 0. The molecule has 4 aromatic heterocycles. The molecule has 0 aromatic carbocycles. The average molecular weight is 375 g/mol. The molecular formula is C19H13N5S2. The predicted molar refractivity (Wildman–Crippen MR) is 109 cm³/mol. The second kappa shape index (κ2) is 7.07. The standard InChI is InChI=1S/C19H13N5S2/c1-3-5-14(20-2)15-10-16-13(7-9-25-16)17(22-15)19-24-23-18(26-19)12-6-4-8-21-11-12/h3-11H,1-2H2/b14-5-. The number of hydrogen-bond acceptors (Lipinski definition) is 7. The SMILES string of the molecule is C=C/C=C(\N=C)c1cc2sccc2c(-c2nnc(-c3cccnc3)s2)n1. The summed E-state index contributed by atoms with van der Waals surface area (Å²) < 4.78 is 1.11. The van der Waals surface area contributed by atoms with Crippen molar-refractivity contribution in [2.24, 2.45) is 4.99 Å². The largest absolute Gasteiger partial charge is 0.264 e. The van der Waals surface area contributed by atoms with Gasteiger partial charge in [-0.3, -0.25) is 9.98 Å². The molecule has 0 unspecified atom stereocenters. The Morgan fingerprint density at radius 3 is 2.85 bits per heavy atom. The summed E-state index contributed by atoms with van der Waals surface area (Å²) in [6.07, 6.45) is 6.98. The third-order valence-electron chi connectivity index (χ3n) is 3.69. The van der Waals surface area contributed by atoms with E-state index in [1.165, 1.54) is 11.3 Å². The lowest BCUT2D eigenvalue weighted by Gasteiger charge is -2.04. The van der Waals surface area contributed by atoms with Gasteiger partial charge >= 0.3 is 0 Å². The van der Waals surface area contributed by atoms with Crippen molar-refractivity contribution in [1.29, 1.82) is 0 Å². The van der Waals surface area contributed by atoms with Gasteiger partial charge in [-0.25, -0.2) is 4.98 Å². The van der Waals surface area contributed by atoms with E-state index in [1.807, 2.05) is 23.6 Å². The summed E-state index contributed by atoms with van der Waals surface area (Å²) in [6, 6.07) is 7.91. The van der Waals surface area contributed by atoms with Crippen LogP contribution in [0.15, 0.2) is 65.8 Å². The van der Waals surface area contributed by atoms with Gasteiger partial charge in [0.1, 0.15) is 10.7 Å². The molecule has 5 nitrogen and oxygen atoms in total. The van der Waals surface area contributed by atoms with Crippen molar-refractivity contribution in [1.82, 2.24) is 20.2 Å². The van der Waals surface area contributed by atoms with Crippen LogP contribution >= 0.6 is 22.7 Å². The molecule has 26 heavy (non-hydrogen) atoms. The van der Waals surface area contributed by atoms with E-state index in [-0.39, 0.29) is 0 Å². The first-order valence-electron chi connectivity index (χ1n) is 7.72. The Balaban J connectivity index is 1.87. The highest BCUT2D eigenvalue weighted by Crippen LogP contribution is 2.36. The molecule has 0 radical (unpaired) electrons. The second-order valence-electron chi connectivity index (χ2n) is 5.29. The first kappa shape index (κ1) is 16.4. The van der Waals surface area contributed by atoms with Crippen LogP contribution in [0, 0.1) is 0 Å². The number of thiophene rings is 1. The first-order chi connectivity index (χ1) is 12.8. The zero-order valence-electron chi connectivity index (χ0n) is 13.7. The van der Waals surface area contributed by atoms with Gasteiger partial charge in [0.05, 0.1) is 11.4 Å². The van der Waals surface area contributed by atoms with Crippen LogP contribution in [-0.2, 0) is 0 Å². The summed E-state index contributed by atoms with van der Waals surface area (Å²) in [6.45, 7) is 7.36. The third-order valence-corrected chi connectivity index (χ3v) is 5.54. The maximum Gasteiger partial charge on any atom is 0.167 e. The topological polar surface area (TPSA) is 63.9 Å². The van der Waals surface area contributed by atoms with Gasteiger partial charge in [-0.05, 0) is 42.4 Å². The van der Waals surface area contributed by atoms with Crippen molar-refractivity contribution >= 4 is 45.2 Å². The van der Waals surface area contributed by atoms with Crippen molar-refractivity contribution in [3.8, 4) is 21.3 Å². The highest BCUT2D eigenvalue weighted by atomic mass is 32.1. The van der Waals surface area contributed by atoms with Gasteiger partial charge in [-0.1, -0.05) is 24.0 Å². The second-order valence-corrected chi connectivity index (χ2v) is 7.21. The molecule has 4 aromatic rings. The number of hydrogen-bond donors (Lipinski definition) is 0. The highest BCUT2D eigenvalue weighted by Gasteiger charge is 2.16. The predicted octanol–water partition coefficient (Wildman–Crippen LogP) is 5.10. The molecule has 4 rings (SSSR count). The lowest BCUT2D eigenvalue weighted by Crippen LogP contribution is -1.91. The van der Waals surface area contributed by atoms with Gasteiger partial charge in [0.25, 0.3) is 0 Å². The Morgan fingerprint density at radius 2 is 2.08 bits per heavy atom. The smallest absolute Gasteiger partial charge is 0.167 e. The monoisotopic (exact) mass is 375 g/mol. The molecule has 0 saturated heterocycles. The molecule has 0 spiro atoms. The van der Waals surface area contributed by atoms with E-state index >= 15 is 0 Å². The van der Waals surface area contributed by atoms with Crippen molar-refractivity contribution < 1.29 is 0 Å². The van der Waals surface area contributed by atoms with Crippen LogP contribution < -0.4 is 0 Å². The van der Waals surface area contributed by atoms with E-state index in [1.54, 1.807) is 35.9 Å². The van der Waals surface area contributed by atoms with E-state index < -0.39 is 0 Å². The van der Waals surface area contributed by atoms with Crippen molar-refractivity contribution in [3.63, 3.8) is 0 Å². The molecule has 0 atom stereocenters. The fourth-order valence-electron chi connectivity index (χ4n) is 2.52. The lowest BCUT2D eigenvalue weighted by atomic mass is 10.2. The molecule has 7 heteroatoms. The highest BCUT2D eigenvalue weighted by molar-refractivity contribution is 7.18. The number of pyridine rings is 2.